The van der Waals surface area contributed by atoms with Gasteiger partial charge in [-0.3, -0.25) is 0 Å². The number of rotatable bonds is 2. The average molecular weight is 263 g/mol. The SMILES string of the molecule is NC(c1ccc(C(F)(F)F)s1)C1CCCCC1. The monoisotopic (exact) mass is 263 g/mol. The standard InChI is InChI=1S/C12H16F3NS/c13-12(14,15)10-7-6-9(17-10)11(16)8-4-2-1-3-5-8/h6-8,11H,1-5,16H2. The van der Waals surface area contributed by atoms with Gasteiger partial charge in [0.15, 0.2) is 0 Å². The van der Waals surface area contributed by atoms with Crippen LogP contribution in [0.1, 0.15) is 47.9 Å². The summed E-state index contributed by atoms with van der Waals surface area (Å²) in [6, 6.07) is 2.45. The minimum absolute atomic E-state index is 0.226. The van der Waals surface area contributed by atoms with Crippen LogP contribution < -0.4 is 5.73 Å². The summed E-state index contributed by atoms with van der Waals surface area (Å²) >= 11 is 0.792. The number of nitrogens with two attached hydrogens (primary N) is 1. The highest BCUT2D eigenvalue weighted by Gasteiger charge is 2.33. The van der Waals surface area contributed by atoms with Crippen molar-refractivity contribution in [3.63, 3.8) is 0 Å². The Hall–Kier alpha value is -0.550. The van der Waals surface area contributed by atoms with Crippen molar-refractivity contribution >= 4 is 11.3 Å². The zero-order chi connectivity index (χ0) is 12.5. The van der Waals surface area contributed by atoms with E-state index >= 15 is 0 Å². The van der Waals surface area contributed by atoms with E-state index in [0.717, 1.165) is 43.1 Å². The highest BCUT2D eigenvalue weighted by atomic mass is 32.1. The Morgan fingerprint density at radius 2 is 1.82 bits per heavy atom. The smallest absolute Gasteiger partial charge is 0.323 e. The zero-order valence-corrected chi connectivity index (χ0v) is 10.3. The molecular weight excluding hydrogens is 247 g/mol. The van der Waals surface area contributed by atoms with Gasteiger partial charge in [-0.1, -0.05) is 19.3 Å². The first-order valence-electron chi connectivity index (χ1n) is 5.91. The number of alkyl halides is 3. The zero-order valence-electron chi connectivity index (χ0n) is 9.46. The molecule has 2 N–H and O–H groups in total. The summed E-state index contributed by atoms with van der Waals surface area (Å²) in [4.78, 5) is 0.128. The maximum absolute atomic E-state index is 12.5. The van der Waals surface area contributed by atoms with Crippen molar-refractivity contribution in [3.05, 3.63) is 21.9 Å². The van der Waals surface area contributed by atoms with E-state index in [1.54, 1.807) is 0 Å². The second-order valence-corrected chi connectivity index (χ2v) is 5.74. The molecule has 1 aromatic rings. The van der Waals surface area contributed by atoms with Crippen molar-refractivity contribution in [2.75, 3.05) is 0 Å². The third-order valence-electron chi connectivity index (χ3n) is 3.39. The van der Waals surface area contributed by atoms with Gasteiger partial charge in [0.2, 0.25) is 0 Å². The largest absolute Gasteiger partial charge is 0.425 e. The Balaban J connectivity index is 2.08. The summed E-state index contributed by atoms with van der Waals surface area (Å²) in [6.07, 6.45) is 1.36. The number of hydrogen-bond donors (Lipinski definition) is 1. The Labute approximate surface area is 103 Å². The predicted molar refractivity (Wildman–Crippen MR) is 62.8 cm³/mol. The molecule has 1 fully saturated rings. The summed E-state index contributed by atoms with van der Waals surface area (Å²) < 4.78 is 37.4. The molecule has 1 nitrogen and oxygen atoms in total. The lowest BCUT2D eigenvalue weighted by atomic mass is 9.84. The Morgan fingerprint density at radius 3 is 2.35 bits per heavy atom. The molecule has 0 bridgehead atoms. The third kappa shape index (κ3) is 3.01. The number of halogens is 3. The van der Waals surface area contributed by atoms with E-state index in [4.69, 9.17) is 5.73 Å². The number of hydrogen-bond acceptors (Lipinski definition) is 2. The maximum atomic E-state index is 12.5. The minimum atomic E-state index is -4.24. The topological polar surface area (TPSA) is 26.0 Å². The second-order valence-electron chi connectivity index (χ2n) is 4.62. The van der Waals surface area contributed by atoms with Crippen LogP contribution in [0.2, 0.25) is 0 Å². The quantitative estimate of drug-likeness (QED) is 0.843. The first kappa shape index (κ1) is 12.9. The van der Waals surface area contributed by atoms with Crippen LogP contribution in [0, 0.1) is 5.92 Å². The molecule has 1 aromatic heterocycles. The van der Waals surface area contributed by atoms with E-state index in [2.05, 4.69) is 0 Å². The minimum Gasteiger partial charge on any atom is -0.323 e. The van der Waals surface area contributed by atoms with Gasteiger partial charge >= 0.3 is 6.18 Å². The summed E-state index contributed by atoms with van der Waals surface area (Å²) in [5.74, 6) is 0.350. The average Bonchev–Trinajstić information content (AvgIpc) is 2.78. The van der Waals surface area contributed by atoms with Gasteiger partial charge < -0.3 is 5.73 Å². The van der Waals surface area contributed by atoms with E-state index < -0.39 is 11.1 Å². The van der Waals surface area contributed by atoms with Crippen molar-refractivity contribution in [2.24, 2.45) is 11.7 Å². The predicted octanol–water partition coefficient (Wildman–Crippen LogP) is 4.35. The van der Waals surface area contributed by atoms with Crippen molar-refractivity contribution in [1.29, 1.82) is 0 Å². The molecule has 1 aliphatic carbocycles. The highest BCUT2D eigenvalue weighted by Crippen LogP contribution is 2.40. The van der Waals surface area contributed by atoms with Gasteiger partial charge in [-0.05, 0) is 30.9 Å². The fourth-order valence-corrected chi connectivity index (χ4v) is 3.38. The Kier molecular flexibility index (Phi) is 3.78. The van der Waals surface area contributed by atoms with Crippen LogP contribution in [0.15, 0.2) is 12.1 Å². The maximum Gasteiger partial charge on any atom is 0.425 e. The molecule has 1 saturated carbocycles. The summed E-state index contributed by atoms with van der Waals surface area (Å²) in [5.41, 5.74) is 6.07. The van der Waals surface area contributed by atoms with Crippen LogP contribution in [0.3, 0.4) is 0 Å². The van der Waals surface area contributed by atoms with Gasteiger partial charge in [-0.25, -0.2) is 0 Å². The lowest BCUT2D eigenvalue weighted by Crippen LogP contribution is -2.22. The molecule has 2 rings (SSSR count). The molecule has 96 valence electrons. The molecule has 0 spiro atoms. The van der Waals surface area contributed by atoms with Crippen LogP contribution in [0.25, 0.3) is 0 Å². The second kappa shape index (κ2) is 4.98. The molecule has 0 saturated heterocycles. The molecule has 5 heteroatoms. The molecular formula is C12H16F3NS. The molecule has 1 heterocycles. The highest BCUT2D eigenvalue weighted by molar-refractivity contribution is 7.12. The molecule has 0 amide bonds. The first-order chi connectivity index (χ1) is 7.98. The fourth-order valence-electron chi connectivity index (χ4n) is 2.41. The summed E-state index contributed by atoms with van der Waals surface area (Å²) in [7, 11) is 0. The molecule has 0 radical (unpaired) electrons. The van der Waals surface area contributed by atoms with Crippen molar-refractivity contribution in [3.8, 4) is 0 Å². The van der Waals surface area contributed by atoms with Gasteiger partial charge in [-0.2, -0.15) is 13.2 Å². The van der Waals surface area contributed by atoms with Crippen LogP contribution in [0.5, 0.6) is 0 Å². The van der Waals surface area contributed by atoms with Gasteiger partial charge in [0.1, 0.15) is 4.88 Å². The normalized spacial score (nSPS) is 20.5. The van der Waals surface area contributed by atoms with E-state index in [-0.39, 0.29) is 6.04 Å². The number of thiophene rings is 1. The van der Waals surface area contributed by atoms with Gasteiger partial charge in [-0.15, -0.1) is 11.3 Å². The van der Waals surface area contributed by atoms with Gasteiger partial charge in [0.25, 0.3) is 0 Å². The molecule has 1 aliphatic rings. The van der Waals surface area contributed by atoms with Crippen LogP contribution >= 0.6 is 11.3 Å². The van der Waals surface area contributed by atoms with Crippen molar-refractivity contribution in [1.82, 2.24) is 0 Å². The van der Waals surface area contributed by atoms with Crippen molar-refractivity contribution in [2.45, 2.75) is 44.3 Å². The van der Waals surface area contributed by atoms with Crippen LogP contribution in [0.4, 0.5) is 13.2 Å². The molecule has 17 heavy (non-hydrogen) atoms. The van der Waals surface area contributed by atoms with Gasteiger partial charge in [0.05, 0.1) is 0 Å². The lowest BCUT2D eigenvalue weighted by Gasteiger charge is -2.26. The van der Waals surface area contributed by atoms with Crippen LogP contribution in [-0.2, 0) is 6.18 Å². The molecule has 1 atom stereocenters. The third-order valence-corrected chi connectivity index (χ3v) is 4.62. The summed E-state index contributed by atoms with van der Waals surface area (Å²) in [5, 5.41) is 0. The van der Waals surface area contributed by atoms with E-state index in [0.29, 0.717) is 10.8 Å². The van der Waals surface area contributed by atoms with Gasteiger partial charge in [0, 0.05) is 10.9 Å². The Bertz CT molecular complexity index is 366. The Morgan fingerprint density at radius 1 is 1.18 bits per heavy atom. The van der Waals surface area contributed by atoms with Crippen molar-refractivity contribution < 1.29 is 13.2 Å². The molecule has 1 unspecified atom stereocenters. The fraction of sp³-hybridized carbons (Fsp3) is 0.667. The first-order valence-corrected chi connectivity index (χ1v) is 6.72. The van der Waals surface area contributed by atoms with E-state index in [1.807, 2.05) is 0 Å². The van der Waals surface area contributed by atoms with E-state index in [9.17, 15) is 13.2 Å². The van der Waals surface area contributed by atoms with Crippen LogP contribution in [-0.4, -0.2) is 0 Å². The summed E-state index contributed by atoms with van der Waals surface area (Å²) in [6.45, 7) is 0. The molecule has 0 aromatic carbocycles. The molecule has 0 aliphatic heterocycles. The van der Waals surface area contributed by atoms with E-state index in [1.165, 1.54) is 12.5 Å². The lowest BCUT2D eigenvalue weighted by molar-refractivity contribution is -0.134.